The third kappa shape index (κ3) is 5.54. The number of hydrogen-bond acceptors (Lipinski definition) is 2. The predicted octanol–water partition coefficient (Wildman–Crippen LogP) is 4.21. The third-order valence-corrected chi connectivity index (χ3v) is 4.08. The zero-order valence-electron chi connectivity index (χ0n) is 13.1. The summed E-state index contributed by atoms with van der Waals surface area (Å²) in [6.45, 7) is 9.47. The van der Waals surface area contributed by atoms with E-state index in [1.807, 2.05) is 30.3 Å². The summed E-state index contributed by atoms with van der Waals surface area (Å²) in [7, 11) is 0. The summed E-state index contributed by atoms with van der Waals surface area (Å²) >= 11 is 0. The second-order valence-corrected chi connectivity index (χ2v) is 6.43. The monoisotopic (exact) mass is 275 g/mol. The van der Waals surface area contributed by atoms with Gasteiger partial charge in [0.25, 0.3) is 0 Å². The first-order chi connectivity index (χ1) is 9.74. The van der Waals surface area contributed by atoms with E-state index in [9.17, 15) is 0 Å². The van der Waals surface area contributed by atoms with Crippen LogP contribution in [0.15, 0.2) is 30.3 Å². The largest absolute Gasteiger partial charge is 0.494 e. The van der Waals surface area contributed by atoms with Crippen molar-refractivity contribution in [3.8, 4) is 5.75 Å². The van der Waals surface area contributed by atoms with E-state index in [0.29, 0.717) is 0 Å². The highest BCUT2D eigenvalue weighted by Crippen LogP contribution is 2.21. The molecule has 0 unspecified atom stereocenters. The second-order valence-electron chi connectivity index (χ2n) is 6.43. The molecule has 2 nitrogen and oxygen atoms in total. The Labute approximate surface area is 124 Å². The number of para-hydroxylation sites is 1. The summed E-state index contributed by atoms with van der Waals surface area (Å²) in [5.74, 6) is 2.74. The smallest absolute Gasteiger partial charge is 0.119 e. The Bertz CT molecular complexity index is 355. The summed E-state index contributed by atoms with van der Waals surface area (Å²) in [6, 6.07) is 10.1. The minimum Gasteiger partial charge on any atom is -0.494 e. The molecule has 0 radical (unpaired) electrons. The van der Waals surface area contributed by atoms with Crippen molar-refractivity contribution in [3.05, 3.63) is 30.3 Å². The maximum Gasteiger partial charge on any atom is 0.119 e. The summed E-state index contributed by atoms with van der Waals surface area (Å²) in [6.07, 6.45) is 5.14. The van der Waals surface area contributed by atoms with Gasteiger partial charge >= 0.3 is 0 Å². The van der Waals surface area contributed by atoms with Gasteiger partial charge in [-0.25, -0.2) is 0 Å². The van der Waals surface area contributed by atoms with Crippen LogP contribution in [-0.4, -0.2) is 31.1 Å². The van der Waals surface area contributed by atoms with Crippen molar-refractivity contribution in [3.63, 3.8) is 0 Å². The van der Waals surface area contributed by atoms with Gasteiger partial charge in [-0.1, -0.05) is 32.0 Å². The average molecular weight is 275 g/mol. The Hall–Kier alpha value is -1.02. The number of nitrogens with zero attached hydrogens (tertiary/aromatic N) is 1. The molecule has 1 aromatic carbocycles. The van der Waals surface area contributed by atoms with Crippen molar-refractivity contribution in [2.75, 3.05) is 26.2 Å². The molecule has 1 saturated heterocycles. The van der Waals surface area contributed by atoms with Crippen LogP contribution in [0.2, 0.25) is 0 Å². The van der Waals surface area contributed by atoms with Crippen molar-refractivity contribution in [1.82, 2.24) is 4.90 Å². The molecular weight excluding hydrogens is 246 g/mol. The van der Waals surface area contributed by atoms with Crippen molar-refractivity contribution >= 4 is 0 Å². The van der Waals surface area contributed by atoms with Gasteiger partial charge in [0, 0.05) is 13.1 Å². The molecule has 2 heteroatoms. The SMILES string of the molecule is C[C@@H]1C[C@@H](C)CN(CCCCCOc2ccccc2)C1. The van der Waals surface area contributed by atoms with Gasteiger partial charge in [-0.05, 0) is 56.2 Å². The first-order valence-electron chi connectivity index (χ1n) is 8.14. The molecule has 1 fully saturated rings. The Morgan fingerprint density at radius 2 is 1.70 bits per heavy atom. The molecule has 1 aromatic rings. The maximum atomic E-state index is 5.72. The summed E-state index contributed by atoms with van der Waals surface area (Å²) < 4.78 is 5.72. The van der Waals surface area contributed by atoms with Crippen LogP contribution in [0.3, 0.4) is 0 Å². The normalized spacial score (nSPS) is 23.7. The standard InChI is InChI=1S/C18H29NO/c1-16-13-17(2)15-19(14-16)11-7-4-8-12-20-18-9-5-3-6-10-18/h3,5-6,9-10,16-17H,4,7-8,11-15H2,1-2H3/t16-,17-/m1/s1. The predicted molar refractivity (Wildman–Crippen MR) is 85.2 cm³/mol. The number of unbranched alkanes of at least 4 members (excludes halogenated alkanes) is 2. The molecular formula is C18H29NO. The van der Waals surface area contributed by atoms with E-state index < -0.39 is 0 Å². The van der Waals surface area contributed by atoms with E-state index in [-0.39, 0.29) is 0 Å². The van der Waals surface area contributed by atoms with Gasteiger partial charge in [-0.2, -0.15) is 0 Å². The summed E-state index contributed by atoms with van der Waals surface area (Å²) in [5, 5.41) is 0. The first-order valence-corrected chi connectivity index (χ1v) is 8.14. The van der Waals surface area contributed by atoms with Crippen LogP contribution in [0.4, 0.5) is 0 Å². The van der Waals surface area contributed by atoms with Gasteiger partial charge in [-0.15, -0.1) is 0 Å². The van der Waals surface area contributed by atoms with Crippen molar-refractivity contribution < 1.29 is 4.74 Å². The number of hydrogen-bond donors (Lipinski definition) is 0. The van der Waals surface area contributed by atoms with Gasteiger partial charge in [0.1, 0.15) is 5.75 Å². The van der Waals surface area contributed by atoms with E-state index in [0.717, 1.165) is 30.6 Å². The molecule has 0 amide bonds. The lowest BCUT2D eigenvalue weighted by atomic mass is 9.92. The van der Waals surface area contributed by atoms with Crippen LogP contribution >= 0.6 is 0 Å². The van der Waals surface area contributed by atoms with Gasteiger partial charge in [0.2, 0.25) is 0 Å². The zero-order chi connectivity index (χ0) is 14.2. The molecule has 20 heavy (non-hydrogen) atoms. The van der Waals surface area contributed by atoms with E-state index in [1.165, 1.54) is 38.9 Å². The molecule has 2 rings (SSSR count). The fraction of sp³-hybridized carbons (Fsp3) is 0.667. The molecule has 0 saturated carbocycles. The van der Waals surface area contributed by atoms with Crippen LogP contribution in [-0.2, 0) is 0 Å². The summed E-state index contributed by atoms with van der Waals surface area (Å²) in [5.41, 5.74) is 0. The van der Waals surface area contributed by atoms with Gasteiger partial charge in [-0.3, -0.25) is 0 Å². The quantitative estimate of drug-likeness (QED) is 0.691. The van der Waals surface area contributed by atoms with E-state index >= 15 is 0 Å². The minimum absolute atomic E-state index is 0.844. The van der Waals surface area contributed by atoms with Gasteiger partial charge in [0.15, 0.2) is 0 Å². The number of ether oxygens (including phenoxy) is 1. The maximum absolute atomic E-state index is 5.72. The lowest BCUT2D eigenvalue weighted by Crippen LogP contribution is -2.39. The van der Waals surface area contributed by atoms with Crippen LogP contribution in [0.1, 0.15) is 39.5 Å². The molecule has 2 atom stereocenters. The van der Waals surface area contributed by atoms with Crippen LogP contribution in [0.25, 0.3) is 0 Å². The topological polar surface area (TPSA) is 12.5 Å². The molecule has 0 N–H and O–H groups in total. The Kier molecular flexibility index (Phi) is 6.38. The molecule has 112 valence electrons. The fourth-order valence-corrected chi connectivity index (χ4v) is 3.30. The molecule has 1 heterocycles. The Morgan fingerprint density at radius 1 is 1.00 bits per heavy atom. The third-order valence-electron chi connectivity index (χ3n) is 4.08. The molecule has 1 aliphatic heterocycles. The highest BCUT2D eigenvalue weighted by atomic mass is 16.5. The number of rotatable bonds is 7. The van der Waals surface area contributed by atoms with Crippen molar-refractivity contribution in [2.24, 2.45) is 11.8 Å². The second kappa shape index (κ2) is 8.31. The highest BCUT2D eigenvalue weighted by molar-refractivity contribution is 5.20. The average Bonchev–Trinajstić information content (AvgIpc) is 2.43. The lowest BCUT2D eigenvalue weighted by Gasteiger charge is -2.34. The summed E-state index contributed by atoms with van der Waals surface area (Å²) in [4.78, 5) is 2.65. The lowest BCUT2D eigenvalue weighted by molar-refractivity contribution is 0.138. The van der Waals surface area contributed by atoms with Gasteiger partial charge in [0.05, 0.1) is 6.61 Å². The number of likely N-dealkylation sites (tertiary alicyclic amines) is 1. The molecule has 0 bridgehead atoms. The zero-order valence-corrected chi connectivity index (χ0v) is 13.1. The molecule has 1 aliphatic rings. The first kappa shape index (κ1) is 15.4. The van der Waals surface area contributed by atoms with E-state index in [2.05, 4.69) is 18.7 Å². The molecule has 0 aromatic heterocycles. The number of piperidine rings is 1. The van der Waals surface area contributed by atoms with Crippen molar-refractivity contribution in [1.29, 1.82) is 0 Å². The Morgan fingerprint density at radius 3 is 2.40 bits per heavy atom. The van der Waals surface area contributed by atoms with E-state index in [4.69, 9.17) is 4.74 Å². The van der Waals surface area contributed by atoms with Gasteiger partial charge < -0.3 is 9.64 Å². The highest BCUT2D eigenvalue weighted by Gasteiger charge is 2.20. The van der Waals surface area contributed by atoms with Crippen LogP contribution < -0.4 is 4.74 Å². The molecule has 0 aliphatic carbocycles. The number of benzene rings is 1. The Balaban J connectivity index is 1.51. The fourth-order valence-electron chi connectivity index (χ4n) is 3.30. The van der Waals surface area contributed by atoms with Crippen LogP contribution in [0, 0.1) is 11.8 Å². The van der Waals surface area contributed by atoms with Crippen molar-refractivity contribution in [2.45, 2.75) is 39.5 Å². The van der Waals surface area contributed by atoms with E-state index in [1.54, 1.807) is 0 Å². The molecule has 0 spiro atoms. The van der Waals surface area contributed by atoms with Crippen LogP contribution in [0.5, 0.6) is 5.75 Å². The minimum atomic E-state index is 0.844.